The maximum absolute atomic E-state index is 12.2. The van der Waals surface area contributed by atoms with Gasteiger partial charge in [-0.15, -0.1) is 0 Å². The Labute approximate surface area is 131 Å². The third kappa shape index (κ3) is 1.75. The van der Waals surface area contributed by atoms with Gasteiger partial charge >= 0.3 is 0 Å². The summed E-state index contributed by atoms with van der Waals surface area (Å²) in [6.07, 6.45) is 3.08. The van der Waals surface area contributed by atoms with E-state index in [1.54, 1.807) is 24.3 Å². The Morgan fingerprint density at radius 2 is 1.91 bits per heavy atom. The smallest absolute Gasteiger partial charge is 0.296 e. The Balaban J connectivity index is 2.03. The van der Waals surface area contributed by atoms with E-state index >= 15 is 0 Å². The van der Waals surface area contributed by atoms with Crippen LogP contribution in [0, 0.1) is 5.92 Å². The average molecular weight is 311 g/mol. The molecule has 0 aromatic heterocycles. The minimum absolute atomic E-state index is 0.0813. The van der Waals surface area contributed by atoms with Crippen molar-refractivity contribution >= 4 is 17.8 Å². The maximum Gasteiger partial charge on any atom is 0.296 e. The minimum atomic E-state index is -0.714. The first-order chi connectivity index (χ1) is 11.0. The number of aliphatic hydroxyl groups excluding tert-OH is 1. The Bertz CT molecular complexity index is 862. The molecule has 6 heteroatoms. The predicted molar refractivity (Wildman–Crippen MR) is 80.2 cm³/mol. The van der Waals surface area contributed by atoms with Crippen LogP contribution in [0.3, 0.4) is 0 Å². The highest BCUT2D eigenvalue weighted by Gasteiger charge is 2.47. The number of nitrogens with one attached hydrogen (secondary N) is 1. The van der Waals surface area contributed by atoms with E-state index < -0.39 is 23.5 Å². The van der Waals surface area contributed by atoms with E-state index in [-0.39, 0.29) is 17.1 Å². The highest BCUT2D eigenvalue weighted by atomic mass is 16.5. The van der Waals surface area contributed by atoms with Crippen LogP contribution in [0.1, 0.15) is 17.0 Å². The summed E-state index contributed by atoms with van der Waals surface area (Å²) in [4.78, 5) is 24.0. The molecule has 1 saturated heterocycles. The molecule has 1 aliphatic heterocycles. The van der Waals surface area contributed by atoms with Gasteiger partial charge in [0.2, 0.25) is 5.78 Å². The molecule has 1 heterocycles. The lowest BCUT2D eigenvalue weighted by Gasteiger charge is -2.40. The van der Waals surface area contributed by atoms with Gasteiger partial charge in [-0.2, -0.15) is 0 Å². The number of carbonyl (C=O) groups excluding carboxylic acids is 2. The standard InChI is InChI=1S/C17H13NO5/c1-23-16-12(20)6-10-13-11(18-17(22)15(10)21)4-7-2-3-8(19)5-9(7)14(13)16/h2-6,13-14,19-20H,1H3,(H,18,22)/t13-,14+/m0/s1. The van der Waals surface area contributed by atoms with Crippen molar-refractivity contribution in [2.45, 2.75) is 5.92 Å². The van der Waals surface area contributed by atoms with Crippen molar-refractivity contribution in [1.29, 1.82) is 0 Å². The zero-order valence-corrected chi connectivity index (χ0v) is 12.2. The Morgan fingerprint density at radius 1 is 1.13 bits per heavy atom. The Morgan fingerprint density at radius 3 is 2.65 bits per heavy atom. The lowest BCUT2D eigenvalue weighted by atomic mass is 9.68. The number of hydrogen-bond acceptors (Lipinski definition) is 5. The number of phenols is 1. The topological polar surface area (TPSA) is 95.9 Å². The van der Waals surface area contributed by atoms with E-state index in [1.165, 1.54) is 13.2 Å². The molecule has 1 aromatic carbocycles. The molecule has 23 heavy (non-hydrogen) atoms. The lowest BCUT2D eigenvalue weighted by molar-refractivity contribution is -0.136. The van der Waals surface area contributed by atoms with E-state index in [2.05, 4.69) is 5.32 Å². The number of aromatic hydroxyl groups is 1. The van der Waals surface area contributed by atoms with Crippen molar-refractivity contribution in [1.82, 2.24) is 5.32 Å². The van der Waals surface area contributed by atoms with Crippen LogP contribution in [-0.4, -0.2) is 29.0 Å². The monoisotopic (exact) mass is 311 g/mol. The van der Waals surface area contributed by atoms with Gasteiger partial charge in [0.05, 0.1) is 13.0 Å². The summed E-state index contributed by atoms with van der Waals surface area (Å²) in [7, 11) is 1.44. The third-order valence-electron chi connectivity index (χ3n) is 4.49. The Hall–Kier alpha value is -3.02. The number of hydrogen-bond donors (Lipinski definition) is 3. The summed E-state index contributed by atoms with van der Waals surface area (Å²) >= 11 is 0. The molecule has 4 rings (SSSR count). The Kier molecular flexibility index (Phi) is 2.66. The highest BCUT2D eigenvalue weighted by molar-refractivity contribution is 6.44. The van der Waals surface area contributed by atoms with Crippen molar-refractivity contribution in [3.63, 3.8) is 0 Å². The zero-order chi connectivity index (χ0) is 16.3. The van der Waals surface area contributed by atoms with Crippen molar-refractivity contribution < 1.29 is 24.5 Å². The van der Waals surface area contributed by atoms with E-state index in [0.717, 1.165) is 11.1 Å². The van der Waals surface area contributed by atoms with Crippen molar-refractivity contribution in [3.05, 3.63) is 58.2 Å². The second-order valence-corrected chi connectivity index (χ2v) is 5.70. The molecule has 2 aliphatic carbocycles. The number of ketones is 1. The van der Waals surface area contributed by atoms with Crippen LogP contribution in [0.15, 0.2) is 47.1 Å². The number of aliphatic hydroxyl groups is 1. The van der Waals surface area contributed by atoms with Gasteiger partial charge in [0.25, 0.3) is 5.91 Å². The first-order valence-corrected chi connectivity index (χ1v) is 7.10. The van der Waals surface area contributed by atoms with Crippen molar-refractivity contribution in [2.75, 3.05) is 7.11 Å². The van der Waals surface area contributed by atoms with Gasteiger partial charge in [-0.3, -0.25) is 9.59 Å². The number of rotatable bonds is 1. The number of phenolic OH excluding ortho intramolecular Hbond substituents is 1. The number of fused-ring (bicyclic) bond motifs is 2. The zero-order valence-electron chi connectivity index (χ0n) is 12.2. The van der Waals surface area contributed by atoms with Crippen LogP contribution < -0.4 is 5.32 Å². The fourth-order valence-electron chi connectivity index (χ4n) is 3.56. The summed E-state index contributed by atoms with van der Waals surface area (Å²) < 4.78 is 5.35. The maximum atomic E-state index is 12.2. The molecule has 116 valence electrons. The minimum Gasteiger partial charge on any atom is -0.508 e. The summed E-state index contributed by atoms with van der Waals surface area (Å²) in [5, 5.41) is 22.7. The molecule has 0 bridgehead atoms. The lowest BCUT2D eigenvalue weighted by Crippen LogP contribution is -2.46. The fourth-order valence-corrected chi connectivity index (χ4v) is 3.56. The van der Waals surface area contributed by atoms with E-state index in [4.69, 9.17) is 4.74 Å². The van der Waals surface area contributed by atoms with Gasteiger partial charge in [0.15, 0.2) is 5.76 Å². The second kappa shape index (κ2) is 4.49. The van der Waals surface area contributed by atoms with Gasteiger partial charge in [-0.25, -0.2) is 0 Å². The summed E-state index contributed by atoms with van der Waals surface area (Å²) in [6, 6.07) is 4.85. The number of piperidine rings is 1. The molecular formula is C17H13NO5. The van der Waals surface area contributed by atoms with Gasteiger partial charge in [0.1, 0.15) is 11.5 Å². The largest absolute Gasteiger partial charge is 0.508 e. The molecule has 0 unspecified atom stereocenters. The van der Waals surface area contributed by atoms with Crippen LogP contribution in [-0.2, 0) is 14.3 Å². The number of benzene rings is 1. The molecule has 0 saturated carbocycles. The second-order valence-electron chi connectivity index (χ2n) is 5.70. The first kappa shape index (κ1) is 13.6. The quantitative estimate of drug-likeness (QED) is 0.683. The molecule has 1 amide bonds. The van der Waals surface area contributed by atoms with Crippen LogP contribution in [0.5, 0.6) is 5.75 Å². The molecule has 3 N–H and O–H groups in total. The SMILES string of the molecule is COC1=C(O)C=C2C(=O)C(=O)NC3=Cc4ccc(O)cc4[C@@H]1[C@H]32. The molecule has 1 fully saturated rings. The van der Waals surface area contributed by atoms with E-state index in [0.29, 0.717) is 11.5 Å². The van der Waals surface area contributed by atoms with Crippen LogP contribution in [0.2, 0.25) is 0 Å². The molecule has 1 aromatic rings. The molecule has 0 spiro atoms. The number of methoxy groups -OCH3 is 1. The van der Waals surface area contributed by atoms with Crippen LogP contribution >= 0.6 is 0 Å². The fraction of sp³-hybridized carbons (Fsp3) is 0.176. The molecular weight excluding hydrogens is 298 g/mol. The summed E-state index contributed by atoms with van der Waals surface area (Å²) in [5.74, 6) is -2.09. The first-order valence-electron chi connectivity index (χ1n) is 7.10. The number of carbonyl (C=O) groups is 2. The number of amides is 1. The van der Waals surface area contributed by atoms with Gasteiger partial charge in [0, 0.05) is 17.2 Å². The van der Waals surface area contributed by atoms with Gasteiger partial charge in [-0.1, -0.05) is 6.07 Å². The molecule has 2 atom stereocenters. The predicted octanol–water partition coefficient (Wildman–Crippen LogP) is 1.50. The average Bonchev–Trinajstić information content (AvgIpc) is 2.52. The highest BCUT2D eigenvalue weighted by Crippen LogP contribution is 2.50. The van der Waals surface area contributed by atoms with Crippen LogP contribution in [0.4, 0.5) is 0 Å². The van der Waals surface area contributed by atoms with Crippen molar-refractivity contribution in [2.24, 2.45) is 5.92 Å². The third-order valence-corrected chi connectivity index (χ3v) is 4.49. The van der Waals surface area contributed by atoms with E-state index in [1.807, 2.05) is 0 Å². The van der Waals surface area contributed by atoms with Gasteiger partial charge in [-0.05, 0) is 35.4 Å². The molecule has 0 radical (unpaired) electrons. The van der Waals surface area contributed by atoms with E-state index in [9.17, 15) is 19.8 Å². The van der Waals surface area contributed by atoms with Crippen LogP contribution in [0.25, 0.3) is 6.08 Å². The molecule has 3 aliphatic rings. The summed E-state index contributed by atoms with van der Waals surface area (Å²) in [6.45, 7) is 0. The normalized spacial score (nSPS) is 25.1. The van der Waals surface area contributed by atoms with Gasteiger partial charge < -0.3 is 20.3 Å². The number of Topliss-reactive ketones (excluding diaryl/α,β-unsaturated/α-hetero) is 1. The number of allylic oxidation sites excluding steroid dienone is 3. The van der Waals surface area contributed by atoms with Crippen molar-refractivity contribution in [3.8, 4) is 5.75 Å². The number of ether oxygens (including phenoxy) is 1. The molecule has 6 nitrogen and oxygen atoms in total. The summed E-state index contributed by atoms with van der Waals surface area (Å²) in [5.41, 5.74) is 2.34.